The molecule has 1 aromatic heterocycles. The van der Waals surface area contributed by atoms with Crippen LogP contribution in [0.3, 0.4) is 0 Å². The zero-order valence-corrected chi connectivity index (χ0v) is 11.5. The third-order valence-electron chi connectivity index (χ3n) is 3.79. The second-order valence-electron chi connectivity index (χ2n) is 5.03. The summed E-state index contributed by atoms with van der Waals surface area (Å²) >= 11 is 1.80. The van der Waals surface area contributed by atoms with Crippen molar-refractivity contribution in [2.75, 3.05) is 7.05 Å². The van der Waals surface area contributed by atoms with Crippen molar-refractivity contribution in [1.29, 1.82) is 0 Å². The Morgan fingerprint density at radius 2 is 2.35 bits per heavy atom. The van der Waals surface area contributed by atoms with Crippen LogP contribution in [0.2, 0.25) is 0 Å². The van der Waals surface area contributed by atoms with E-state index >= 15 is 0 Å². The summed E-state index contributed by atoms with van der Waals surface area (Å²) in [6, 6.07) is 4.88. The standard InChI is InChI=1S/C14H21NOS/c1-11(10-12-6-5-9-17-12)15(2)13-7-3-4-8-14(13)16/h5-6,9,11,13H,3-4,7-8,10H2,1-2H3. The van der Waals surface area contributed by atoms with Crippen LogP contribution in [0.25, 0.3) is 0 Å². The number of carbonyl (C=O) groups is 1. The van der Waals surface area contributed by atoms with Crippen LogP contribution >= 0.6 is 11.3 Å². The third kappa shape index (κ3) is 3.17. The van der Waals surface area contributed by atoms with Gasteiger partial charge in [0.1, 0.15) is 5.78 Å². The van der Waals surface area contributed by atoms with Crippen LogP contribution in [-0.2, 0) is 11.2 Å². The van der Waals surface area contributed by atoms with Gasteiger partial charge in [-0.2, -0.15) is 0 Å². The normalized spacial score (nSPS) is 23.0. The van der Waals surface area contributed by atoms with Crippen molar-refractivity contribution in [2.45, 2.75) is 51.1 Å². The topological polar surface area (TPSA) is 20.3 Å². The fourth-order valence-corrected chi connectivity index (χ4v) is 3.39. The first-order valence-corrected chi connectivity index (χ1v) is 7.33. The van der Waals surface area contributed by atoms with Crippen molar-refractivity contribution in [3.8, 4) is 0 Å². The molecular weight excluding hydrogens is 230 g/mol. The SMILES string of the molecule is CC(Cc1cccs1)N(C)C1CCCCC1=O. The molecule has 0 bridgehead atoms. The van der Waals surface area contributed by atoms with Crippen LogP contribution in [0.15, 0.2) is 17.5 Å². The van der Waals surface area contributed by atoms with E-state index in [9.17, 15) is 4.79 Å². The lowest BCUT2D eigenvalue weighted by atomic mass is 9.92. The maximum Gasteiger partial charge on any atom is 0.149 e. The number of ketones is 1. The quantitative estimate of drug-likeness (QED) is 0.819. The molecule has 0 aliphatic heterocycles. The minimum atomic E-state index is 0.165. The lowest BCUT2D eigenvalue weighted by molar-refractivity contribution is -0.126. The van der Waals surface area contributed by atoms with Crippen LogP contribution in [-0.4, -0.2) is 29.8 Å². The van der Waals surface area contributed by atoms with Gasteiger partial charge in [-0.3, -0.25) is 9.69 Å². The Balaban J connectivity index is 1.93. The van der Waals surface area contributed by atoms with Crippen molar-refractivity contribution in [1.82, 2.24) is 4.90 Å². The molecule has 1 saturated carbocycles. The summed E-state index contributed by atoms with van der Waals surface area (Å²) in [5.41, 5.74) is 0. The minimum absolute atomic E-state index is 0.165. The summed E-state index contributed by atoms with van der Waals surface area (Å²) in [4.78, 5) is 15.6. The molecule has 0 aromatic carbocycles. The van der Waals surface area contributed by atoms with Crippen LogP contribution in [0.1, 0.15) is 37.5 Å². The molecule has 17 heavy (non-hydrogen) atoms. The summed E-state index contributed by atoms with van der Waals surface area (Å²) in [5.74, 6) is 0.441. The number of hydrogen-bond donors (Lipinski definition) is 0. The lowest BCUT2D eigenvalue weighted by Gasteiger charge is -2.34. The van der Waals surface area contributed by atoms with Crippen molar-refractivity contribution < 1.29 is 4.79 Å². The van der Waals surface area contributed by atoms with Gasteiger partial charge in [0.2, 0.25) is 0 Å². The highest BCUT2D eigenvalue weighted by Gasteiger charge is 2.28. The van der Waals surface area contributed by atoms with Gasteiger partial charge in [0.05, 0.1) is 6.04 Å². The van der Waals surface area contributed by atoms with Gasteiger partial charge in [0.15, 0.2) is 0 Å². The van der Waals surface area contributed by atoms with Gasteiger partial charge < -0.3 is 0 Å². The van der Waals surface area contributed by atoms with Crippen LogP contribution in [0.5, 0.6) is 0 Å². The number of rotatable bonds is 4. The number of carbonyl (C=O) groups excluding carboxylic acids is 1. The van der Waals surface area contributed by atoms with Gasteiger partial charge in [0.25, 0.3) is 0 Å². The van der Waals surface area contributed by atoms with Crippen LogP contribution < -0.4 is 0 Å². The fraction of sp³-hybridized carbons (Fsp3) is 0.643. The summed E-state index contributed by atoms with van der Waals surface area (Å²) in [6.07, 6.45) is 5.16. The first kappa shape index (κ1) is 12.8. The van der Waals surface area contributed by atoms with Crippen molar-refractivity contribution >= 4 is 17.1 Å². The monoisotopic (exact) mass is 251 g/mol. The summed E-state index contributed by atoms with van der Waals surface area (Å²) in [7, 11) is 2.10. The van der Waals surface area contributed by atoms with Gasteiger partial charge in [0, 0.05) is 17.3 Å². The molecule has 0 amide bonds. The molecule has 3 heteroatoms. The highest BCUT2D eigenvalue weighted by atomic mass is 32.1. The smallest absolute Gasteiger partial charge is 0.149 e. The molecule has 2 rings (SSSR count). The predicted molar refractivity (Wildman–Crippen MR) is 72.5 cm³/mol. The van der Waals surface area contributed by atoms with Gasteiger partial charge in [-0.25, -0.2) is 0 Å². The number of likely N-dealkylation sites (N-methyl/N-ethyl adjacent to an activating group) is 1. The van der Waals surface area contributed by atoms with Gasteiger partial charge in [-0.15, -0.1) is 11.3 Å². The number of thiophene rings is 1. The highest BCUT2D eigenvalue weighted by Crippen LogP contribution is 2.22. The van der Waals surface area contributed by atoms with Gasteiger partial charge in [-0.1, -0.05) is 12.5 Å². The summed E-state index contributed by atoms with van der Waals surface area (Å²) < 4.78 is 0. The molecule has 94 valence electrons. The predicted octanol–water partition coefficient (Wildman–Crippen LogP) is 3.12. The Hall–Kier alpha value is -0.670. The first-order chi connectivity index (χ1) is 8.18. The Bertz CT molecular complexity index is 360. The number of nitrogens with zero attached hydrogens (tertiary/aromatic N) is 1. The molecule has 0 spiro atoms. The van der Waals surface area contributed by atoms with Crippen LogP contribution in [0.4, 0.5) is 0 Å². The molecule has 2 atom stereocenters. The molecule has 1 aliphatic rings. The zero-order valence-electron chi connectivity index (χ0n) is 10.7. The highest BCUT2D eigenvalue weighted by molar-refractivity contribution is 7.09. The Kier molecular flexibility index (Phi) is 4.35. The molecule has 2 unspecified atom stereocenters. The average Bonchev–Trinajstić information content (AvgIpc) is 2.81. The Labute approximate surface area is 108 Å². The zero-order chi connectivity index (χ0) is 12.3. The number of Topliss-reactive ketones (excluding diaryl/α,β-unsaturated/α-hetero) is 1. The minimum Gasteiger partial charge on any atom is -0.298 e. The van der Waals surface area contributed by atoms with E-state index < -0.39 is 0 Å². The van der Waals surface area contributed by atoms with E-state index in [2.05, 4.69) is 36.4 Å². The lowest BCUT2D eigenvalue weighted by Crippen LogP contribution is -2.45. The number of hydrogen-bond acceptors (Lipinski definition) is 3. The second-order valence-corrected chi connectivity index (χ2v) is 6.06. The van der Waals surface area contributed by atoms with E-state index in [-0.39, 0.29) is 6.04 Å². The molecule has 1 aromatic rings. The summed E-state index contributed by atoms with van der Waals surface area (Å²) in [6.45, 7) is 2.22. The first-order valence-electron chi connectivity index (χ1n) is 6.45. The van der Waals surface area contributed by atoms with Crippen LogP contribution in [0, 0.1) is 0 Å². The van der Waals surface area contributed by atoms with E-state index in [1.807, 2.05) is 0 Å². The maximum atomic E-state index is 11.9. The van der Waals surface area contributed by atoms with Gasteiger partial charge >= 0.3 is 0 Å². The average molecular weight is 251 g/mol. The Morgan fingerprint density at radius 1 is 1.53 bits per heavy atom. The van der Waals surface area contributed by atoms with Crippen molar-refractivity contribution in [3.63, 3.8) is 0 Å². The summed E-state index contributed by atoms with van der Waals surface area (Å²) in [5, 5.41) is 2.12. The molecule has 0 radical (unpaired) electrons. The molecule has 0 saturated heterocycles. The fourth-order valence-electron chi connectivity index (χ4n) is 2.57. The van der Waals surface area contributed by atoms with Crippen molar-refractivity contribution in [3.05, 3.63) is 22.4 Å². The van der Waals surface area contributed by atoms with Gasteiger partial charge in [-0.05, 0) is 44.7 Å². The van der Waals surface area contributed by atoms with E-state index in [4.69, 9.17) is 0 Å². The second kappa shape index (κ2) is 5.78. The van der Waals surface area contributed by atoms with E-state index in [0.717, 1.165) is 25.7 Å². The van der Waals surface area contributed by atoms with Crippen molar-refractivity contribution in [2.24, 2.45) is 0 Å². The van der Waals surface area contributed by atoms with E-state index in [1.165, 1.54) is 11.3 Å². The van der Waals surface area contributed by atoms with E-state index in [0.29, 0.717) is 11.8 Å². The molecule has 1 aliphatic carbocycles. The largest absolute Gasteiger partial charge is 0.298 e. The molecule has 1 heterocycles. The third-order valence-corrected chi connectivity index (χ3v) is 4.68. The maximum absolute atomic E-state index is 11.9. The molecular formula is C14H21NOS. The molecule has 2 nitrogen and oxygen atoms in total. The molecule has 0 N–H and O–H groups in total. The Morgan fingerprint density at radius 3 is 3.00 bits per heavy atom. The molecule has 1 fully saturated rings. The van der Waals surface area contributed by atoms with E-state index in [1.54, 1.807) is 11.3 Å².